The number of amides is 1. The largest absolute Gasteiger partial charge is 0.378 e. The van der Waals surface area contributed by atoms with Crippen molar-refractivity contribution in [1.29, 1.82) is 0 Å². The quantitative estimate of drug-likeness (QED) is 0.854. The lowest BCUT2D eigenvalue weighted by Gasteiger charge is -2.36. The number of hydrogen-bond acceptors (Lipinski definition) is 2. The van der Waals surface area contributed by atoms with Crippen molar-refractivity contribution in [3.63, 3.8) is 0 Å². The summed E-state index contributed by atoms with van der Waals surface area (Å²) in [7, 11) is 2.07. The molecule has 0 saturated carbocycles. The third-order valence-electron chi connectivity index (χ3n) is 4.85. The summed E-state index contributed by atoms with van der Waals surface area (Å²) in [5.41, 5.74) is 1.26. The third kappa shape index (κ3) is 3.31. The van der Waals surface area contributed by atoms with E-state index < -0.39 is 0 Å². The average molecular weight is 290 g/mol. The van der Waals surface area contributed by atoms with Gasteiger partial charge in [-0.15, -0.1) is 0 Å². The second kappa shape index (κ2) is 6.65. The summed E-state index contributed by atoms with van der Waals surface area (Å²) >= 11 is 0. The van der Waals surface area contributed by atoms with Gasteiger partial charge in [0.1, 0.15) is 0 Å². The minimum Gasteiger partial charge on any atom is -0.378 e. The number of ether oxygens (including phenoxy) is 1. The monoisotopic (exact) mass is 290 g/mol. The summed E-state index contributed by atoms with van der Waals surface area (Å²) < 4.78 is 7.78. The second-order valence-electron chi connectivity index (χ2n) is 6.32. The predicted octanol–water partition coefficient (Wildman–Crippen LogP) is 3.04. The predicted molar refractivity (Wildman–Crippen MR) is 81.9 cm³/mol. The van der Waals surface area contributed by atoms with Crippen molar-refractivity contribution in [3.05, 3.63) is 24.0 Å². The Hall–Kier alpha value is -1.29. The zero-order valence-electron chi connectivity index (χ0n) is 13.0. The number of likely N-dealkylation sites (tertiary alicyclic amines) is 1. The maximum atomic E-state index is 12.6. The zero-order chi connectivity index (χ0) is 14.7. The first-order valence-electron chi connectivity index (χ1n) is 8.28. The first-order chi connectivity index (χ1) is 10.3. The molecule has 1 aromatic rings. The van der Waals surface area contributed by atoms with Crippen LogP contribution >= 0.6 is 0 Å². The van der Waals surface area contributed by atoms with Gasteiger partial charge in [0.15, 0.2) is 0 Å². The van der Waals surface area contributed by atoms with Gasteiger partial charge >= 0.3 is 0 Å². The summed E-state index contributed by atoms with van der Waals surface area (Å²) in [4.78, 5) is 14.7. The molecular formula is C17H26N2O2. The Bertz CT molecular complexity index is 477. The molecular weight excluding hydrogens is 264 g/mol. The van der Waals surface area contributed by atoms with E-state index in [0.29, 0.717) is 18.4 Å². The molecule has 0 radical (unpaired) electrons. The smallest absolute Gasteiger partial charge is 0.223 e. The molecule has 2 aliphatic heterocycles. The summed E-state index contributed by atoms with van der Waals surface area (Å²) in [6.45, 7) is 1.77. The van der Waals surface area contributed by atoms with Crippen LogP contribution < -0.4 is 0 Å². The molecule has 2 aliphatic rings. The van der Waals surface area contributed by atoms with Gasteiger partial charge in [-0.25, -0.2) is 0 Å². The van der Waals surface area contributed by atoms with Crippen molar-refractivity contribution in [3.8, 4) is 0 Å². The zero-order valence-corrected chi connectivity index (χ0v) is 13.0. The third-order valence-corrected chi connectivity index (χ3v) is 4.85. The molecule has 1 aromatic heterocycles. The Balaban J connectivity index is 1.63. The molecule has 0 aromatic carbocycles. The highest BCUT2D eigenvalue weighted by Crippen LogP contribution is 2.32. The highest BCUT2D eigenvalue weighted by atomic mass is 16.5. The standard InChI is InChI=1S/C17H26N2O2/c1-18-11-4-8-15(18)16-7-2-3-12-19(16)17(20)10-9-14-6-5-13-21-14/h4,8,11,14,16H,2-3,5-7,9-10,12-13H2,1H3/t14-,16+/m1/s1. The lowest BCUT2D eigenvalue weighted by molar-refractivity contribution is -0.135. The van der Waals surface area contributed by atoms with E-state index in [0.717, 1.165) is 45.3 Å². The minimum absolute atomic E-state index is 0.260. The van der Waals surface area contributed by atoms with Crippen LogP contribution in [0.25, 0.3) is 0 Å². The van der Waals surface area contributed by atoms with E-state index in [1.165, 1.54) is 12.1 Å². The summed E-state index contributed by atoms with van der Waals surface area (Å²) in [6.07, 6.45) is 9.59. The fourth-order valence-corrected chi connectivity index (χ4v) is 3.66. The lowest BCUT2D eigenvalue weighted by atomic mass is 9.98. The fourth-order valence-electron chi connectivity index (χ4n) is 3.66. The highest BCUT2D eigenvalue weighted by Gasteiger charge is 2.29. The molecule has 0 aliphatic carbocycles. The Labute approximate surface area is 127 Å². The molecule has 4 heteroatoms. The van der Waals surface area contributed by atoms with Crippen LogP contribution in [0, 0.1) is 0 Å². The number of piperidine rings is 1. The highest BCUT2D eigenvalue weighted by molar-refractivity contribution is 5.76. The molecule has 1 amide bonds. The fraction of sp³-hybridized carbons (Fsp3) is 0.706. The summed E-state index contributed by atoms with van der Waals surface area (Å²) in [5, 5.41) is 0. The second-order valence-corrected chi connectivity index (χ2v) is 6.32. The maximum absolute atomic E-state index is 12.6. The molecule has 0 spiro atoms. The van der Waals surface area contributed by atoms with Crippen LogP contribution in [0.3, 0.4) is 0 Å². The first-order valence-corrected chi connectivity index (χ1v) is 8.28. The van der Waals surface area contributed by atoms with E-state index in [-0.39, 0.29) is 6.04 Å². The van der Waals surface area contributed by atoms with Gasteiger partial charge in [-0.05, 0) is 50.7 Å². The van der Waals surface area contributed by atoms with E-state index in [1.54, 1.807) is 0 Å². The van der Waals surface area contributed by atoms with Gasteiger partial charge in [-0.1, -0.05) is 0 Å². The van der Waals surface area contributed by atoms with E-state index in [4.69, 9.17) is 4.74 Å². The van der Waals surface area contributed by atoms with Gasteiger partial charge in [-0.3, -0.25) is 4.79 Å². The topological polar surface area (TPSA) is 34.5 Å². The number of carbonyl (C=O) groups excluding carboxylic acids is 1. The van der Waals surface area contributed by atoms with Crippen molar-refractivity contribution < 1.29 is 9.53 Å². The van der Waals surface area contributed by atoms with Crippen molar-refractivity contribution in [2.75, 3.05) is 13.2 Å². The van der Waals surface area contributed by atoms with E-state index in [1.807, 2.05) is 0 Å². The van der Waals surface area contributed by atoms with E-state index in [2.05, 4.69) is 34.8 Å². The van der Waals surface area contributed by atoms with Gasteiger partial charge in [0.2, 0.25) is 5.91 Å². The molecule has 116 valence electrons. The van der Waals surface area contributed by atoms with Crippen LogP contribution in [-0.2, 0) is 16.6 Å². The molecule has 3 rings (SSSR count). The molecule has 2 fully saturated rings. The van der Waals surface area contributed by atoms with Crippen LogP contribution in [0.4, 0.5) is 0 Å². The molecule has 3 heterocycles. The number of hydrogen-bond donors (Lipinski definition) is 0. The molecule has 21 heavy (non-hydrogen) atoms. The molecule has 0 N–H and O–H groups in total. The summed E-state index contributed by atoms with van der Waals surface area (Å²) in [5.74, 6) is 0.302. The van der Waals surface area contributed by atoms with Crippen LogP contribution in [0.1, 0.15) is 56.7 Å². The summed E-state index contributed by atoms with van der Waals surface area (Å²) in [6, 6.07) is 4.48. The molecule has 0 unspecified atom stereocenters. The van der Waals surface area contributed by atoms with Crippen LogP contribution in [0.15, 0.2) is 18.3 Å². The Kier molecular flexibility index (Phi) is 4.63. The van der Waals surface area contributed by atoms with Gasteiger partial charge in [0.25, 0.3) is 0 Å². The Morgan fingerprint density at radius 3 is 2.95 bits per heavy atom. The SMILES string of the molecule is Cn1cccc1[C@@H]1CCCCN1C(=O)CC[C@H]1CCCO1. The molecule has 2 saturated heterocycles. The van der Waals surface area contributed by atoms with Gasteiger partial charge in [0, 0.05) is 38.5 Å². The van der Waals surface area contributed by atoms with Gasteiger partial charge < -0.3 is 14.2 Å². The van der Waals surface area contributed by atoms with Crippen molar-refractivity contribution in [2.24, 2.45) is 7.05 Å². The molecule has 2 atom stereocenters. The van der Waals surface area contributed by atoms with Crippen LogP contribution in [0.2, 0.25) is 0 Å². The minimum atomic E-state index is 0.260. The van der Waals surface area contributed by atoms with Gasteiger partial charge in [-0.2, -0.15) is 0 Å². The van der Waals surface area contributed by atoms with Crippen molar-refractivity contribution in [2.45, 2.75) is 57.1 Å². The Morgan fingerprint density at radius 2 is 2.24 bits per heavy atom. The normalized spacial score (nSPS) is 26.2. The number of nitrogens with zero attached hydrogens (tertiary/aromatic N) is 2. The van der Waals surface area contributed by atoms with Crippen LogP contribution in [-0.4, -0.2) is 34.6 Å². The van der Waals surface area contributed by atoms with Crippen molar-refractivity contribution >= 4 is 5.91 Å². The molecule has 4 nitrogen and oxygen atoms in total. The van der Waals surface area contributed by atoms with E-state index in [9.17, 15) is 4.79 Å². The molecule has 0 bridgehead atoms. The number of aryl methyl sites for hydroxylation is 1. The average Bonchev–Trinajstić information content (AvgIpc) is 3.16. The Morgan fingerprint density at radius 1 is 1.33 bits per heavy atom. The number of carbonyl (C=O) groups is 1. The maximum Gasteiger partial charge on any atom is 0.223 e. The number of rotatable bonds is 4. The van der Waals surface area contributed by atoms with Gasteiger partial charge in [0.05, 0.1) is 12.1 Å². The lowest BCUT2D eigenvalue weighted by Crippen LogP contribution is -2.39. The number of aromatic nitrogens is 1. The van der Waals surface area contributed by atoms with Crippen LogP contribution in [0.5, 0.6) is 0 Å². The van der Waals surface area contributed by atoms with Crippen molar-refractivity contribution in [1.82, 2.24) is 9.47 Å². The first kappa shape index (κ1) is 14.6. The van der Waals surface area contributed by atoms with E-state index >= 15 is 0 Å².